The van der Waals surface area contributed by atoms with E-state index in [1.807, 2.05) is 42.5 Å². The van der Waals surface area contributed by atoms with Gasteiger partial charge >= 0.3 is 6.03 Å². The fourth-order valence-electron chi connectivity index (χ4n) is 3.33. The molecule has 0 bridgehead atoms. The van der Waals surface area contributed by atoms with Crippen LogP contribution in [0.25, 0.3) is 0 Å². The third-order valence-electron chi connectivity index (χ3n) is 5.02. The molecule has 6 nitrogen and oxygen atoms in total. The summed E-state index contributed by atoms with van der Waals surface area (Å²) in [5, 5.41) is 3.51. The van der Waals surface area contributed by atoms with Crippen molar-refractivity contribution >= 4 is 29.2 Å². The first-order chi connectivity index (χ1) is 14.0. The first kappa shape index (κ1) is 21.0. The predicted molar refractivity (Wildman–Crippen MR) is 114 cm³/mol. The van der Waals surface area contributed by atoms with Crippen molar-refractivity contribution in [2.75, 3.05) is 38.6 Å². The van der Waals surface area contributed by atoms with Crippen LogP contribution in [0.2, 0.25) is 5.02 Å². The number of urea groups is 1. The van der Waals surface area contributed by atoms with Crippen molar-refractivity contribution in [1.82, 2.24) is 9.80 Å². The van der Waals surface area contributed by atoms with E-state index in [9.17, 15) is 9.59 Å². The molecule has 1 aliphatic rings. The Morgan fingerprint density at radius 3 is 2.55 bits per heavy atom. The van der Waals surface area contributed by atoms with E-state index >= 15 is 0 Å². The van der Waals surface area contributed by atoms with E-state index in [1.165, 1.54) is 0 Å². The molecule has 3 rings (SSSR count). The quantitative estimate of drug-likeness (QED) is 0.771. The first-order valence-electron chi connectivity index (χ1n) is 9.77. The summed E-state index contributed by atoms with van der Waals surface area (Å²) in [7, 11) is 1.79. The number of benzene rings is 2. The lowest BCUT2D eigenvalue weighted by Crippen LogP contribution is -2.45. The monoisotopic (exact) mass is 415 g/mol. The second-order valence-corrected chi connectivity index (χ2v) is 7.56. The fraction of sp³-hybridized carbons (Fsp3) is 0.364. The van der Waals surface area contributed by atoms with Gasteiger partial charge in [-0.05, 0) is 43.2 Å². The number of hydrogen-bond donors (Lipinski definition) is 1. The van der Waals surface area contributed by atoms with Crippen molar-refractivity contribution in [2.24, 2.45) is 5.92 Å². The highest BCUT2D eigenvalue weighted by molar-refractivity contribution is 6.30. The van der Waals surface area contributed by atoms with Crippen molar-refractivity contribution in [1.29, 1.82) is 0 Å². The number of halogens is 1. The van der Waals surface area contributed by atoms with Crippen LogP contribution >= 0.6 is 11.6 Å². The van der Waals surface area contributed by atoms with Crippen molar-refractivity contribution in [3.8, 4) is 5.75 Å². The molecule has 154 valence electrons. The van der Waals surface area contributed by atoms with Crippen LogP contribution in [0.15, 0.2) is 54.6 Å². The number of likely N-dealkylation sites (tertiary alicyclic amines) is 1. The number of carbonyl (C=O) groups is 2. The first-order valence-corrected chi connectivity index (χ1v) is 10.1. The Kier molecular flexibility index (Phi) is 7.36. The van der Waals surface area contributed by atoms with Crippen LogP contribution < -0.4 is 10.1 Å². The second-order valence-electron chi connectivity index (χ2n) is 7.12. The minimum absolute atomic E-state index is 0.0630. The SMILES string of the molecule is CN(CCOc1cccc(Cl)c1)C(=O)C1CCN(C(=O)Nc2ccccc2)CC1. The number of amides is 3. The molecule has 0 aliphatic carbocycles. The van der Waals surface area contributed by atoms with Gasteiger partial charge in [0.15, 0.2) is 0 Å². The number of ether oxygens (including phenoxy) is 1. The maximum Gasteiger partial charge on any atom is 0.321 e. The predicted octanol–water partition coefficient (Wildman–Crippen LogP) is 4.12. The minimum Gasteiger partial charge on any atom is -0.492 e. The van der Waals surface area contributed by atoms with Crippen LogP contribution in [-0.2, 0) is 4.79 Å². The maximum atomic E-state index is 12.7. The summed E-state index contributed by atoms with van der Waals surface area (Å²) >= 11 is 5.94. The molecule has 0 radical (unpaired) electrons. The summed E-state index contributed by atoms with van der Waals surface area (Å²) in [4.78, 5) is 28.5. The van der Waals surface area contributed by atoms with Gasteiger partial charge in [-0.3, -0.25) is 4.79 Å². The van der Waals surface area contributed by atoms with Gasteiger partial charge in [0.1, 0.15) is 12.4 Å². The van der Waals surface area contributed by atoms with Crippen LogP contribution in [0.4, 0.5) is 10.5 Å². The van der Waals surface area contributed by atoms with Gasteiger partial charge in [-0.25, -0.2) is 4.79 Å². The zero-order chi connectivity index (χ0) is 20.6. The summed E-state index contributed by atoms with van der Waals surface area (Å²) in [5.74, 6) is 0.728. The third-order valence-corrected chi connectivity index (χ3v) is 5.26. The number of nitrogens with one attached hydrogen (secondary N) is 1. The number of likely N-dealkylation sites (N-methyl/N-ethyl adjacent to an activating group) is 1. The highest BCUT2D eigenvalue weighted by Crippen LogP contribution is 2.21. The average molecular weight is 416 g/mol. The molecule has 0 spiro atoms. The molecule has 3 amide bonds. The zero-order valence-corrected chi connectivity index (χ0v) is 17.3. The minimum atomic E-state index is -0.120. The number of piperidine rings is 1. The molecule has 0 atom stereocenters. The summed E-state index contributed by atoms with van der Waals surface area (Å²) < 4.78 is 5.66. The second kappa shape index (κ2) is 10.2. The van der Waals surface area contributed by atoms with Gasteiger partial charge in [0, 0.05) is 36.8 Å². The average Bonchev–Trinajstić information content (AvgIpc) is 2.74. The molecular formula is C22H26ClN3O3. The van der Waals surface area contributed by atoms with Crippen molar-refractivity contribution in [2.45, 2.75) is 12.8 Å². The van der Waals surface area contributed by atoms with Crippen LogP contribution in [0.3, 0.4) is 0 Å². The highest BCUT2D eigenvalue weighted by Gasteiger charge is 2.29. The zero-order valence-electron chi connectivity index (χ0n) is 16.5. The Morgan fingerprint density at radius 2 is 1.86 bits per heavy atom. The topological polar surface area (TPSA) is 61.9 Å². The Hall–Kier alpha value is -2.73. The summed E-state index contributed by atoms with van der Waals surface area (Å²) in [5.41, 5.74) is 0.773. The lowest BCUT2D eigenvalue weighted by Gasteiger charge is -2.33. The number of hydrogen-bond acceptors (Lipinski definition) is 3. The van der Waals surface area contributed by atoms with Crippen LogP contribution in [-0.4, -0.2) is 55.0 Å². The van der Waals surface area contributed by atoms with Crippen LogP contribution in [0.1, 0.15) is 12.8 Å². The molecule has 0 saturated carbocycles. The number of carbonyl (C=O) groups excluding carboxylic acids is 2. The Morgan fingerprint density at radius 1 is 1.14 bits per heavy atom. The van der Waals surface area contributed by atoms with E-state index in [0.717, 1.165) is 5.69 Å². The van der Waals surface area contributed by atoms with Crippen LogP contribution in [0.5, 0.6) is 5.75 Å². The van der Waals surface area contributed by atoms with Crippen molar-refractivity contribution in [3.63, 3.8) is 0 Å². The molecule has 1 N–H and O–H groups in total. The number of anilines is 1. The molecule has 2 aromatic rings. The lowest BCUT2D eigenvalue weighted by molar-refractivity contribution is -0.135. The Labute approximate surface area is 176 Å². The van der Waals surface area contributed by atoms with Gasteiger partial charge in [-0.1, -0.05) is 35.9 Å². The third kappa shape index (κ3) is 6.12. The highest BCUT2D eigenvalue weighted by atomic mass is 35.5. The molecule has 1 fully saturated rings. The van der Waals surface area contributed by atoms with E-state index in [0.29, 0.717) is 49.9 Å². The molecule has 1 saturated heterocycles. The maximum absolute atomic E-state index is 12.7. The van der Waals surface area contributed by atoms with E-state index in [4.69, 9.17) is 16.3 Å². The van der Waals surface area contributed by atoms with E-state index in [2.05, 4.69) is 5.32 Å². The number of nitrogens with zero attached hydrogens (tertiary/aromatic N) is 2. The Balaban J connectivity index is 1.40. The number of para-hydroxylation sites is 1. The molecule has 2 aromatic carbocycles. The normalized spacial score (nSPS) is 14.3. The van der Waals surface area contributed by atoms with Gasteiger partial charge in [-0.2, -0.15) is 0 Å². The van der Waals surface area contributed by atoms with Gasteiger partial charge in [-0.15, -0.1) is 0 Å². The van der Waals surface area contributed by atoms with Gasteiger partial charge < -0.3 is 19.9 Å². The van der Waals surface area contributed by atoms with Gasteiger partial charge in [0.25, 0.3) is 0 Å². The Bertz CT molecular complexity index is 823. The molecule has 29 heavy (non-hydrogen) atoms. The lowest BCUT2D eigenvalue weighted by atomic mass is 9.95. The summed E-state index contributed by atoms with van der Waals surface area (Å²) in [6.45, 7) is 2.05. The smallest absolute Gasteiger partial charge is 0.321 e. The standard InChI is InChI=1S/C22H26ClN3O3/c1-25(14-15-29-20-9-5-6-18(23)16-20)21(27)17-10-12-26(13-11-17)22(28)24-19-7-3-2-4-8-19/h2-9,16-17H,10-15H2,1H3,(H,24,28). The molecule has 7 heteroatoms. The molecular weight excluding hydrogens is 390 g/mol. The van der Waals surface area contributed by atoms with Gasteiger partial charge in [0.2, 0.25) is 5.91 Å². The molecule has 1 aliphatic heterocycles. The summed E-state index contributed by atoms with van der Waals surface area (Å²) in [6.07, 6.45) is 1.33. The largest absolute Gasteiger partial charge is 0.492 e. The van der Waals surface area contributed by atoms with Crippen molar-refractivity contribution < 1.29 is 14.3 Å². The van der Waals surface area contributed by atoms with Crippen molar-refractivity contribution in [3.05, 3.63) is 59.6 Å². The number of rotatable bonds is 6. The van der Waals surface area contributed by atoms with E-state index in [1.54, 1.807) is 29.0 Å². The molecule has 0 unspecified atom stereocenters. The molecule has 1 heterocycles. The van der Waals surface area contributed by atoms with E-state index < -0.39 is 0 Å². The fourth-order valence-corrected chi connectivity index (χ4v) is 3.51. The van der Waals surface area contributed by atoms with Gasteiger partial charge in [0.05, 0.1) is 6.54 Å². The van der Waals surface area contributed by atoms with Crippen LogP contribution in [0, 0.1) is 5.92 Å². The molecule has 0 aromatic heterocycles. The summed E-state index contributed by atoms with van der Waals surface area (Å²) in [6, 6.07) is 16.5. The van der Waals surface area contributed by atoms with E-state index in [-0.39, 0.29) is 17.9 Å².